The highest BCUT2D eigenvalue weighted by Gasteiger charge is 2.20. The molecule has 0 aliphatic carbocycles. The Kier molecular flexibility index (Phi) is 3.44. The third-order valence-corrected chi connectivity index (χ3v) is 5.14. The molecule has 0 N–H and O–H groups in total. The van der Waals surface area contributed by atoms with Crippen molar-refractivity contribution in [1.82, 2.24) is 9.97 Å². The van der Waals surface area contributed by atoms with Gasteiger partial charge in [0.1, 0.15) is 16.5 Å². The molecule has 4 heteroatoms. The van der Waals surface area contributed by atoms with E-state index in [0.29, 0.717) is 0 Å². The highest BCUT2D eigenvalue weighted by molar-refractivity contribution is 7.18. The lowest BCUT2D eigenvalue weighted by molar-refractivity contribution is 0.437. The van der Waals surface area contributed by atoms with E-state index in [4.69, 9.17) is 4.98 Å². The number of hydrogen-bond donors (Lipinski definition) is 0. The quantitative estimate of drug-likeness (QED) is 0.835. The number of anilines is 1. The van der Waals surface area contributed by atoms with E-state index in [9.17, 15) is 0 Å². The molecule has 1 fully saturated rings. The van der Waals surface area contributed by atoms with Crippen molar-refractivity contribution in [3.63, 3.8) is 0 Å². The van der Waals surface area contributed by atoms with Crippen molar-refractivity contribution >= 4 is 27.4 Å². The Morgan fingerprint density at radius 2 is 2.05 bits per heavy atom. The molecule has 0 atom stereocenters. The average molecular weight is 275 g/mol. The lowest BCUT2D eigenvalue weighted by Gasteiger charge is -2.31. The molecular formula is C15H21N3S. The SMILES string of the molecule is CCc1cc2c(N3CCC(C)CC3)nc(C)nc2s1. The van der Waals surface area contributed by atoms with Crippen LogP contribution in [0.4, 0.5) is 5.82 Å². The highest BCUT2D eigenvalue weighted by Crippen LogP contribution is 2.33. The van der Waals surface area contributed by atoms with Crippen LogP contribution in [0.25, 0.3) is 10.2 Å². The molecule has 1 saturated heterocycles. The number of thiophene rings is 1. The molecule has 0 unspecified atom stereocenters. The number of aromatic nitrogens is 2. The minimum absolute atomic E-state index is 0.850. The second-order valence-corrected chi connectivity index (χ2v) is 6.66. The van der Waals surface area contributed by atoms with Crippen LogP contribution >= 0.6 is 11.3 Å². The molecule has 0 bridgehead atoms. The summed E-state index contributed by atoms with van der Waals surface area (Å²) in [5.41, 5.74) is 0. The standard InChI is InChI=1S/C15H21N3S/c1-4-12-9-13-14(16-11(3)17-15(13)19-12)18-7-5-10(2)6-8-18/h9-10H,4-8H2,1-3H3. The molecule has 3 heterocycles. The second kappa shape index (κ2) is 5.08. The summed E-state index contributed by atoms with van der Waals surface area (Å²) in [5, 5.41) is 1.25. The zero-order valence-electron chi connectivity index (χ0n) is 11.9. The number of piperidine rings is 1. The number of aryl methyl sites for hydroxylation is 2. The monoisotopic (exact) mass is 275 g/mol. The molecule has 0 saturated carbocycles. The fourth-order valence-corrected chi connectivity index (χ4v) is 3.70. The van der Waals surface area contributed by atoms with Gasteiger partial charge < -0.3 is 4.90 Å². The third kappa shape index (κ3) is 2.46. The lowest BCUT2D eigenvalue weighted by Crippen LogP contribution is -2.33. The Morgan fingerprint density at radius 1 is 1.32 bits per heavy atom. The summed E-state index contributed by atoms with van der Waals surface area (Å²) in [4.78, 5) is 14.3. The molecular weight excluding hydrogens is 254 g/mol. The topological polar surface area (TPSA) is 29.0 Å². The fourth-order valence-electron chi connectivity index (χ4n) is 2.70. The zero-order chi connectivity index (χ0) is 13.4. The highest BCUT2D eigenvalue weighted by atomic mass is 32.1. The molecule has 3 rings (SSSR count). The summed E-state index contributed by atoms with van der Waals surface area (Å²) >= 11 is 1.81. The van der Waals surface area contributed by atoms with Gasteiger partial charge in [-0.1, -0.05) is 13.8 Å². The van der Waals surface area contributed by atoms with E-state index in [1.54, 1.807) is 0 Å². The molecule has 19 heavy (non-hydrogen) atoms. The molecule has 102 valence electrons. The molecule has 0 radical (unpaired) electrons. The minimum Gasteiger partial charge on any atom is -0.356 e. The molecule has 3 nitrogen and oxygen atoms in total. The largest absolute Gasteiger partial charge is 0.356 e. The maximum Gasteiger partial charge on any atom is 0.141 e. The summed E-state index contributed by atoms with van der Waals surface area (Å²) in [6.45, 7) is 8.81. The number of rotatable bonds is 2. The van der Waals surface area contributed by atoms with E-state index < -0.39 is 0 Å². The lowest BCUT2D eigenvalue weighted by atomic mass is 9.99. The molecule has 2 aromatic heterocycles. The van der Waals surface area contributed by atoms with Gasteiger partial charge in [0.2, 0.25) is 0 Å². The third-order valence-electron chi connectivity index (χ3n) is 3.97. The Bertz CT molecular complexity index is 582. The first-order valence-corrected chi connectivity index (χ1v) is 8.01. The molecule has 2 aromatic rings. The van der Waals surface area contributed by atoms with Gasteiger partial charge in [-0.2, -0.15) is 0 Å². The van der Waals surface area contributed by atoms with Gasteiger partial charge in [0.05, 0.1) is 5.39 Å². The summed E-state index contributed by atoms with van der Waals surface area (Å²) in [5.74, 6) is 2.90. The van der Waals surface area contributed by atoms with Gasteiger partial charge in [-0.05, 0) is 38.2 Å². The van der Waals surface area contributed by atoms with Crippen molar-refractivity contribution in [3.8, 4) is 0 Å². The predicted molar refractivity (Wildman–Crippen MR) is 82.1 cm³/mol. The van der Waals surface area contributed by atoms with Crippen molar-refractivity contribution < 1.29 is 0 Å². The van der Waals surface area contributed by atoms with Gasteiger partial charge in [0.25, 0.3) is 0 Å². The second-order valence-electron chi connectivity index (χ2n) is 5.55. The van der Waals surface area contributed by atoms with Gasteiger partial charge in [-0.25, -0.2) is 9.97 Å². The van der Waals surface area contributed by atoms with E-state index in [1.165, 1.54) is 23.1 Å². The fraction of sp³-hybridized carbons (Fsp3) is 0.600. The number of nitrogens with zero attached hydrogens (tertiary/aromatic N) is 3. The van der Waals surface area contributed by atoms with Gasteiger partial charge >= 0.3 is 0 Å². The summed E-state index contributed by atoms with van der Waals surface area (Å²) in [6, 6.07) is 2.28. The maximum absolute atomic E-state index is 4.72. The Balaban J connectivity index is 2.03. The van der Waals surface area contributed by atoms with E-state index in [1.807, 2.05) is 18.3 Å². The van der Waals surface area contributed by atoms with E-state index in [2.05, 4.69) is 29.8 Å². The summed E-state index contributed by atoms with van der Waals surface area (Å²) in [6.07, 6.45) is 3.63. The van der Waals surface area contributed by atoms with Gasteiger partial charge in [0.15, 0.2) is 0 Å². The van der Waals surface area contributed by atoms with Crippen LogP contribution in [-0.2, 0) is 6.42 Å². The van der Waals surface area contributed by atoms with Crippen molar-refractivity contribution in [2.75, 3.05) is 18.0 Å². The van der Waals surface area contributed by atoms with E-state index in [-0.39, 0.29) is 0 Å². The van der Waals surface area contributed by atoms with Crippen molar-refractivity contribution in [2.45, 2.75) is 40.0 Å². The van der Waals surface area contributed by atoms with Gasteiger partial charge in [-0.15, -0.1) is 11.3 Å². The van der Waals surface area contributed by atoms with Crippen LogP contribution in [0.2, 0.25) is 0 Å². The molecule has 0 spiro atoms. The normalized spacial score (nSPS) is 17.3. The number of fused-ring (bicyclic) bond motifs is 1. The summed E-state index contributed by atoms with van der Waals surface area (Å²) < 4.78 is 0. The van der Waals surface area contributed by atoms with Crippen LogP contribution in [0.1, 0.15) is 37.4 Å². The number of hydrogen-bond acceptors (Lipinski definition) is 4. The van der Waals surface area contributed by atoms with Crippen LogP contribution < -0.4 is 4.90 Å². The smallest absolute Gasteiger partial charge is 0.141 e. The van der Waals surface area contributed by atoms with E-state index in [0.717, 1.165) is 41.9 Å². The van der Waals surface area contributed by atoms with Crippen LogP contribution in [0, 0.1) is 12.8 Å². The van der Waals surface area contributed by atoms with Gasteiger partial charge in [0, 0.05) is 18.0 Å². The summed E-state index contributed by atoms with van der Waals surface area (Å²) in [7, 11) is 0. The molecule has 0 amide bonds. The minimum atomic E-state index is 0.850. The van der Waals surface area contributed by atoms with Crippen LogP contribution in [0.15, 0.2) is 6.07 Å². The molecule has 1 aliphatic rings. The maximum atomic E-state index is 4.72. The van der Waals surface area contributed by atoms with Crippen molar-refractivity contribution in [1.29, 1.82) is 0 Å². The zero-order valence-corrected chi connectivity index (χ0v) is 12.8. The van der Waals surface area contributed by atoms with Crippen molar-refractivity contribution in [2.24, 2.45) is 5.92 Å². The Morgan fingerprint density at radius 3 is 2.74 bits per heavy atom. The molecule has 1 aliphatic heterocycles. The first-order valence-electron chi connectivity index (χ1n) is 7.19. The van der Waals surface area contributed by atoms with Crippen molar-refractivity contribution in [3.05, 3.63) is 16.8 Å². The van der Waals surface area contributed by atoms with Crippen LogP contribution in [0.5, 0.6) is 0 Å². The predicted octanol–water partition coefficient (Wildman–Crippen LogP) is 3.80. The Labute approximate surface area is 118 Å². The average Bonchev–Trinajstić information content (AvgIpc) is 2.81. The first kappa shape index (κ1) is 12.9. The first-order chi connectivity index (χ1) is 9.17. The van der Waals surface area contributed by atoms with Crippen LogP contribution in [0.3, 0.4) is 0 Å². The van der Waals surface area contributed by atoms with Crippen LogP contribution in [-0.4, -0.2) is 23.1 Å². The Hall–Kier alpha value is -1.16. The van der Waals surface area contributed by atoms with Gasteiger partial charge in [-0.3, -0.25) is 0 Å². The molecule has 0 aromatic carbocycles. The van der Waals surface area contributed by atoms with E-state index >= 15 is 0 Å².